The lowest BCUT2D eigenvalue weighted by Crippen LogP contribution is -2.47. The van der Waals surface area contributed by atoms with Crippen LogP contribution in [-0.2, 0) is 54.4 Å². The van der Waals surface area contributed by atoms with Crippen molar-refractivity contribution in [3.05, 3.63) is 119 Å². The summed E-state index contributed by atoms with van der Waals surface area (Å²) in [5, 5.41) is 9.46. The molecule has 14 heteroatoms. The molecule has 84 heavy (non-hydrogen) atoms. The normalized spacial score (nSPS) is 25.8. The minimum Gasteiger partial charge on any atom is -0.377 e. The van der Waals surface area contributed by atoms with E-state index in [4.69, 9.17) is 38.6 Å². The summed E-state index contributed by atoms with van der Waals surface area (Å²) in [6.45, 7) is 33.4. The van der Waals surface area contributed by atoms with E-state index in [1.54, 1.807) is 0 Å². The van der Waals surface area contributed by atoms with Gasteiger partial charge in [-0.3, -0.25) is 29.0 Å². The summed E-state index contributed by atoms with van der Waals surface area (Å²) in [6, 6.07) is 19.2. The minimum absolute atomic E-state index is 0.0165. The van der Waals surface area contributed by atoms with Crippen molar-refractivity contribution in [3.63, 3.8) is 0 Å². The van der Waals surface area contributed by atoms with Crippen LogP contribution in [0.25, 0.3) is 11.1 Å². The second-order valence-corrected chi connectivity index (χ2v) is 27.1. The van der Waals surface area contributed by atoms with Gasteiger partial charge in [-0.2, -0.15) is 10.2 Å². The van der Waals surface area contributed by atoms with Crippen LogP contribution in [0.2, 0.25) is 0 Å². The predicted molar refractivity (Wildman–Crippen MR) is 344 cm³/mol. The molecule has 3 aliphatic rings. The van der Waals surface area contributed by atoms with Gasteiger partial charge in [-0.05, 0) is 150 Å². The van der Waals surface area contributed by atoms with Crippen LogP contribution < -0.4 is 0 Å². The fourth-order valence-electron chi connectivity index (χ4n) is 12.5. The van der Waals surface area contributed by atoms with E-state index < -0.39 is 0 Å². The van der Waals surface area contributed by atoms with E-state index >= 15 is 0 Å². The SMILES string of the molecule is CC(C)C[C@H]1CO[C@H](C)CN(C)[C@@H](CC(C)C)CO[C@H](Cc2ccc(Cn3cc(C4=CCOCC4)cn3)cc2)CN(C)[C@@H](CC(C)C)CO[C@H](C)CN(C)[C@@H](CC(C)C)CO[C@H](Cc2ccc(Cn3cc(C4=CCOCC4)cn3)cc2)CN1C. The number of rotatable bonds is 18. The van der Waals surface area contributed by atoms with E-state index in [0.29, 0.717) is 63.3 Å². The maximum Gasteiger partial charge on any atom is 0.0743 e. The van der Waals surface area contributed by atoms with Crippen molar-refractivity contribution < 1.29 is 28.4 Å². The molecule has 2 aromatic carbocycles. The molecule has 0 bridgehead atoms. The molecule has 14 nitrogen and oxygen atoms in total. The zero-order valence-corrected chi connectivity index (χ0v) is 54.6. The van der Waals surface area contributed by atoms with Gasteiger partial charge in [0.05, 0.1) is 103 Å². The second-order valence-electron chi connectivity index (χ2n) is 27.1. The van der Waals surface area contributed by atoms with Crippen LogP contribution >= 0.6 is 0 Å². The lowest BCUT2D eigenvalue weighted by atomic mass is 10.0. The smallest absolute Gasteiger partial charge is 0.0743 e. The maximum atomic E-state index is 7.24. The van der Waals surface area contributed by atoms with Gasteiger partial charge in [-0.1, -0.05) is 116 Å². The van der Waals surface area contributed by atoms with Gasteiger partial charge >= 0.3 is 0 Å². The average molecular weight is 1160 g/mol. The number of hydrogen-bond acceptors (Lipinski definition) is 12. The van der Waals surface area contributed by atoms with Crippen LogP contribution in [0.4, 0.5) is 0 Å². The summed E-state index contributed by atoms with van der Waals surface area (Å²) >= 11 is 0. The third-order valence-electron chi connectivity index (χ3n) is 17.3. The van der Waals surface area contributed by atoms with E-state index in [-0.39, 0.29) is 48.6 Å². The van der Waals surface area contributed by atoms with Crippen LogP contribution in [0.5, 0.6) is 0 Å². The molecule has 1 fully saturated rings. The van der Waals surface area contributed by atoms with Gasteiger partial charge in [-0.15, -0.1) is 0 Å². The Labute approximate surface area is 508 Å². The van der Waals surface area contributed by atoms with Crippen LogP contribution in [0.15, 0.2) is 85.5 Å². The summed E-state index contributed by atoms with van der Waals surface area (Å²) in [6.07, 6.45) is 20.4. The van der Waals surface area contributed by atoms with Gasteiger partial charge in [-0.25, -0.2) is 0 Å². The number of hydrogen-bond donors (Lipinski definition) is 0. The number of aromatic nitrogens is 4. The Kier molecular flexibility index (Phi) is 27.7. The topological polar surface area (TPSA) is 104 Å². The fraction of sp³-hybridized carbons (Fsp3) is 0.686. The molecular weight excluding hydrogens is 1050 g/mol. The molecule has 3 aliphatic heterocycles. The molecule has 4 aromatic rings. The van der Waals surface area contributed by atoms with E-state index in [1.165, 1.54) is 44.5 Å². The summed E-state index contributed by atoms with van der Waals surface area (Å²) in [5.74, 6) is 2.05. The Balaban J connectivity index is 1.09. The number of benzene rings is 2. The van der Waals surface area contributed by atoms with Crippen molar-refractivity contribution in [3.8, 4) is 0 Å². The Morgan fingerprint density at radius 2 is 0.762 bits per heavy atom. The van der Waals surface area contributed by atoms with Crippen molar-refractivity contribution in [2.45, 2.75) is 182 Å². The minimum atomic E-state index is -0.0165. The summed E-state index contributed by atoms with van der Waals surface area (Å²) in [4.78, 5) is 10.1. The average Bonchev–Trinajstić information content (AvgIpc) is 4.27. The highest BCUT2D eigenvalue weighted by Crippen LogP contribution is 2.25. The Morgan fingerprint density at radius 1 is 0.440 bits per heavy atom. The first-order valence-corrected chi connectivity index (χ1v) is 32.3. The predicted octanol–water partition coefficient (Wildman–Crippen LogP) is 11.5. The van der Waals surface area contributed by atoms with Crippen molar-refractivity contribution in [2.24, 2.45) is 23.7 Å². The third kappa shape index (κ3) is 22.9. The third-order valence-corrected chi connectivity index (χ3v) is 17.3. The largest absolute Gasteiger partial charge is 0.377 e. The molecular formula is C70H112N8O6. The van der Waals surface area contributed by atoms with Gasteiger partial charge in [0.2, 0.25) is 0 Å². The zero-order valence-electron chi connectivity index (χ0n) is 54.6. The standard InChI is InChI=1S/C70H112N8O6/c1-51(2)31-65-47-81-55(9)39-73(11)68(34-54(7)8)50-84-70(36-58-17-21-60(22-18-58)42-78-44-64(38-72-78)62-25-29-80-30-26-62)46-76(14)66(32-52(3)4)48-82-56(10)40-74(12)67(33-53(5)6)49-83-69(45-75(65)13)35-57-15-19-59(20-16-57)41-77-43-63(37-71-77)61-23-27-79-28-24-61/h15-23,25,37-38,43-44,51-56,65-70H,24,26-36,39-42,45-50H2,1-14H3/t55-,56-,65+,66+,67+,68+,69-,70-/m1/s1. The monoisotopic (exact) mass is 1160 g/mol. The van der Waals surface area contributed by atoms with Crippen molar-refractivity contribution in [2.75, 3.05) is 107 Å². The summed E-state index contributed by atoms with van der Waals surface area (Å²) in [7, 11) is 9.12. The van der Waals surface area contributed by atoms with E-state index in [0.717, 1.165) is 104 Å². The molecule has 2 aromatic heterocycles. The van der Waals surface area contributed by atoms with Crippen LogP contribution in [0, 0.1) is 23.7 Å². The molecule has 8 atom stereocenters. The van der Waals surface area contributed by atoms with Crippen LogP contribution in [0.1, 0.15) is 141 Å². The quantitative estimate of drug-likeness (QED) is 0.0947. The van der Waals surface area contributed by atoms with Crippen LogP contribution in [-0.4, -0.2) is 195 Å². The van der Waals surface area contributed by atoms with Gasteiger partial charge in [0, 0.05) is 73.9 Å². The molecule has 1 saturated heterocycles. The summed E-state index contributed by atoms with van der Waals surface area (Å²) < 4.78 is 43.6. The number of ether oxygens (including phenoxy) is 6. The van der Waals surface area contributed by atoms with Gasteiger partial charge < -0.3 is 28.4 Å². The first kappa shape index (κ1) is 67.4. The highest BCUT2D eigenvalue weighted by molar-refractivity contribution is 5.65. The molecule has 468 valence electrons. The Hall–Kier alpha value is -4.06. The van der Waals surface area contributed by atoms with Crippen LogP contribution in [0.3, 0.4) is 0 Å². The second kappa shape index (κ2) is 34.5. The van der Waals surface area contributed by atoms with E-state index in [1.807, 2.05) is 12.4 Å². The summed E-state index contributed by atoms with van der Waals surface area (Å²) in [5.41, 5.74) is 10.1. The molecule has 0 radical (unpaired) electrons. The zero-order chi connectivity index (χ0) is 60.1. The molecule has 0 N–H and O–H groups in total. The molecule has 0 aliphatic carbocycles. The van der Waals surface area contributed by atoms with Gasteiger partial charge in [0.1, 0.15) is 0 Å². The highest BCUT2D eigenvalue weighted by atomic mass is 16.5. The van der Waals surface area contributed by atoms with E-state index in [9.17, 15) is 0 Å². The first-order chi connectivity index (χ1) is 40.3. The molecule has 0 unspecified atom stereocenters. The number of likely N-dealkylation sites (N-methyl/N-ethyl adjacent to an activating group) is 4. The van der Waals surface area contributed by atoms with Crippen molar-refractivity contribution in [1.82, 2.24) is 39.2 Å². The number of nitrogens with zero attached hydrogens (tertiary/aromatic N) is 8. The van der Waals surface area contributed by atoms with Gasteiger partial charge in [0.25, 0.3) is 0 Å². The molecule has 0 spiro atoms. The van der Waals surface area contributed by atoms with Crippen molar-refractivity contribution >= 4 is 11.1 Å². The molecule has 0 amide bonds. The lowest BCUT2D eigenvalue weighted by molar-refractivity contribution is -0.0536. The fourth-order valence-corrected chi connectivity index (χ4v) is 12.5. The molecule has 5 heterocycles. The lowest BCUT2D eigenvalue weighted by Gasteiger charge is -2.37. The Morgan fingerprint density at radius 3 is 1.08 bits per heavy atom. The first-order valence-electron chi connectivity index (χ1n) is 32.3. The molecule has 7 rings (SSSR count). The maximum absolute atomic E-state index is 7.24. The Bertz CT molecular complexity index is 2350. The van der Waals surface area contributed by atoms with Gasteiger partial charge in [0.15, 0.2) is 0 Å². The van der Waals surface area contributed by atoms with Crippen molar-refractivity contribution in [1.29, 1.82) is 0 Å². The molecule has 0 saturated carbocycles. The van der Waals surface area contributed by atoms with E-state index in [2.05, 4.69) is 199 Å². The highest BCUT2D eigenvalue weighted by Gasteiger charge is 2.29.